The first-order valence-electron chi connectivity index (χ1n) is 17.8. The number of halogens is 3. The first-order chi connectivity index (χ1) is 26.5. The first kappa shape index (κ1) is 40.7. The molecule has 4 heterocycles. The van der Waals surface area contributed by atoms with E-state index in [1.165, 1.54) is 15.7 Å². The average Bonchev–Trinajstić information content (AvgIpc) is 3.14. The molecule has 18 heteroatoms. The van der Waals surface area contributed by atoms with Gasteiger partial charge in [0.15, 0.2) is 11.4 Å². The standard InChI is InChI=1S/C38H42F3N5O9S/c1-37(2,3)56(51)44-27-15-30(53-19-28(27)43-36(50)54-18-21-9-7-6-8-10-21)55-33-31-35(49)45(5)38(4)11-12-52-20-29(38)46(31)17-24(32(33)47)34(48)42-16-23-25(40)13-22(39)14-26(23)41/h6-10,13-14,17,28-30H,11-12,15-16,18-20H2,1-5H3,(H,42,48)(H,43,50)/b44-27+/t28-,29-,30?,38+,56+/m0/s1. The average molecular weight is 802 g/mol. The van der Waals surface area contributed by atoms with Crippen LogP contribution in [0.2, 0.25) is 0 Å². The minimum Gasteiger partial charge on any atom is -0.591 e. The van der Waals surface area contributed by atoms with Crippen LogP contribution in [0.15, 0.2) is 57.9 Å². The van der Waals surface area contributed by atoms with Gasteiger partial charge in [-0.2, -0.15) is 0 Å². The number of carbonyl (C=O) groups excluding carboxylic acids is 3. The highest BCUT2D eigenvalue weighted by Gasteiger charge is 2.50. The monoisotopic (exact) mass is 801 g/mol. The number of hydrogen-bond donors (Lipinski definition) is 2. The summed E-state index contributed by atoms with van der Waals surface area (Å²) in [7, 11) is 1.58. The van der Waals surface area contributed by atoms with Crippen molar-refractivity contribution in [1.29, 1.82) is 0 Å². The lowest BCUT2D eigenvalue weighted by Crippen LogP contribution is -2.61. The fourth-order valence-corrected chi connectivity index (χ4v) is 7.26. The zero-order valence-electron chi connectivity index (χ0n) is 31.4. The number of nitrogens with one attached hydrogen (secondary N) is 2. The normalized spacial score (nSPS) is 23.5. The van der Waals surface area contributed by atoms with Crippen molar-refractivity contribution in [2.75, 3.05) is 26.9 Å². The Balaban J connectivity index is 1.33. The third-order valence-electron chi connectivity index (χ3n) is 10.0. The zero-order chi connectivity index (χ0) is 40.5. The minimum atomic E-state index is -1.81. The topological polar surface area (TPSA) is 173 Å². The minimum absolute atomic E-state index is 0.0211. The maximum absolute atomic E-state index is 14.4. The van der Waals surface area contributed by atoms with Gasteiger partial charge < -0.3 is 43.6 Å². The molecule has 0 bridgehead atoms. The number of rotatable bonds is 9. The molecule has 0 radical (unpaired) electrons. The number of amides is 3. The molecule has 0 saturated carbocycles. The van der Waals surface area contributed by atoms with Crippen LogP contribution in [0.3, 0.4) is 0 Å². The SMILES string of the molecule is CN1C(=O)c2c(OC3C/C(=N\[S@+]([O-])C(C)(C)C)[C@@H](NC(=O)OCc4ccccc4)CO3)c(=O)c(C(=O)NCc3c(F)cc(F)cc3F)cn2[C@H]2COCC[C@]21C. The van der Waals surface area contributed by atoms with Gasteiger partial charge >= 0.3 is 6.09 Å². The summed E-state index contributed by atoms with van der Waals surface area (Å²) in [6.45, 7) is 6.39. The Kier molecular flexibility index (Phi) is 11.8. The van der Waals surface area contributed by atoms with Gasteiger partial charge in [0.1, 0.15) is 45.7 Å². The molecule has 2 fully saturated rings. The van der Waals surface area contributed by atoms with E-state index in [2.05, 4.69) is 15.0 Å². The van der Waals surface area contributed by atoms with E-state index in [1.54, 1.807) is 52.1 Å². The zero-order valence-corrected chi connectivity index (χ0v) is 32.2. The molecule has 300 valence electrons. The number of ether oxygens (including phenoxy) is 4. The van der Waals surface area contributed by atoms with Gasteiger partial charge in [0.2, 0.25) is 11.7 Å². The molecule has 5 atom stereocenters. The Bertz CT molecular complexity index is 2070. The number of pyridine rings is 1. The highest BCUT2D eigenvalue weighted by Crippen LogP contribution is 2.42. The predicted molar refractivity (Wildman–Crippen MR) is 197 cm³/mol. The summed E-state index contributed by atoms with van der Waals surface area (Å²) in [6, 6.07) is 8.39. The van der Waals surface area contributed by atoms with Crippen molar-refractivity contribution in [3.05, 3.63) is 98.7 Å². The molecule has 3 aliphatic heterocycles. The van der Waals surface area contributed by atoms with Gasteiger partial charge in [0.25, 0.3) is 11.8 Å². The number of fused-ring (bicyclic) bond motifs is 3. The molecule has 0 aliphatic carbocycles. The molecule has 2 saturated heterocycles. The number of hydrogen-bond acceptors (Lipinski definition) is 10. The summed E-state index contributed by atoms with van der Waals surface area (Å²) in [5.74, 6) is -5.85. The van der Waals surface area contributed by atoms with Crippen molar-refractivity contribution in [1.82, 2.24) is 20.1 Å². The van der Waals surface area contributed by atoms with E-state index in [-0.39, 0.29) is 37.6 Å². The van der Waals surface area contributed by atoms with Crippen LogP contribution in [0.5, 0.6) is 5.75 Å². The quantitative estimate of drug-likeness (QED) is 0.299. The molecule has 14 nitrogen and oxygen atoms in total. The summed E-state index contributed by atoms with van der Waals surface area (Å²) >= 11 is -1.81. The second-order valence-corrected chi connectivity index (χ2v) is 16.7. The summed E-state index contributed by atoms with van der Waals surface area (Å²) in [5, 5.41) is 4.99. The Labute approximate surface area is 323 Å². The number of alkyl carbamates (subject to hydrolysis) is 1. The maximum atomic E-state index is 14.4. The maximum Gasteiger partial charge on any atom is 0.408 e. The van der Waals surface area contributed by atoms with E-state index in [4.69, 9.17) is 18.9 Å². The molecule has 1 aromatic heterocycles. The molecular formula is C38H42F3N5O9S. The Morgan fingerprint density at radius 3 is 2.48 bits per heavy atom. The number of benzene rings is 2. The first-order valence-corrected chi connectivity index (χ1v) is 18.9. The number of carbonyl (C=O) groups is 3. The smallest absolute Gasteiger partial charge is 0.408 e. The summed E-state index contributed by atoms with van der Waals surface area (Å²) in [6.07, 6.45) is -0.768. The second-order valence-electron chi connectivity index (χ2n) is 14.8. The summed E-state index contributed by atoms with van der Waals surface area (Å²) in [4.78, 5) is 56.3. The summed E-state index contributed by atoms with van der Waals surface area (Å²) < 4.78 is 83.9. The van der Waals surface area contributed by atoms with Crippen LogP contribution in [0.1, 0.15) is 78.6 Å². The fourth-order valence-electron chi connectivity index (χ4n) is 6.58. The Morgan fingerprint density at radius 2 is 1.80 bits per heavy atom. The van der Waals surface area contributed by atoms with E-state index < -0.39 is 104 Å². The Hall–Kier alpha value is -4.91. The van der Waals surface area contributed by atoms with Gasteiger partial charge in [0.05, 0.1) is 43.0 Å². The fraction of sp³-hybridized carbons (Fsp3) is 0.447. The van der Waals surface area contributed by atoms with Gasteiger partial charge in [-0.25, -0.2) is 18.0 Å². The van der Waals surface area contributed by atoms with Crippen molar-refractivity contribution in [2.24, 2.45) is 4.40 Å². The van der Waals surface area contributed by atoms with Crippen molar-refractivity contribution < 1.29 is 51.1 Å². The van der Waals surface area contributed by atoms with Crippen molar-refractivity contribution in [3.63, 3.8) is 0 Å². The summed E-state index contributed by atoms with van der Waals surface area (Å²) in [5.41, 5.74) is -2.29. The van der Waals surface area contributed by atoms with Gasteiger partial charge in [-0.15, -0.1) is 0 Å². The number of nitrogens with zero attached hydrogens (tertiary/aromatic N) is 3. The molecule has 56 heavy (non-hydrogen) atoms. The lowest BCUT2D eigenvalue weighted by atomic mass is 9.82. The van der Waals surface area contributed by atoms with Crippen molar-refractivity contribution in [2.45, 2.75) is 82.3 Å². The lowest BCUT2D eigenvalue weighted by molar-refractivity contribution is -0.0899. The van der Waals surface area contributed by atoms with E-state index >= 15 is 0 Å². The van der Waals surface area contributed by atoms with Crippen molar-refractivity contribution in [3.8, 4) is 5.75 Å². The predicted octanol–water partition coefficient (Wildman–Crippen LogP) is 4.32. The largest absolute Gasteiger partial charge is 0.591 e. The van der Waals surface area contributed by atoms with Crippen LogP contribution in [0.25, 0.3) is 0 Å². The van der Waals surface area contributed by atoms with Gasteiger partial charge in [-0.1, -0.05) is 34.7 Å². The van der Waals surface area contributed by atoms with E-state index in [1.807, 2.05) is 13.0 Å². The highest BCUT2D eigenvalue weighted by molar-refractivity contribution is 7.91. The van der Waals surface area contributed by atoms with Gasteiger partial charge in [0, 0.05) is 44.1 Å². The molecule has 6 rings (SSSR count). The molecule has 3 aromatic rings. The van der Waals surface area contributed by atoms with Crippen LogP contribution in [0, 0.1) is 17.5 Å². The molecule has 3 amide bonds. The van der Waals surface area contributed by atoms with Crippen LogP contribution in [0.4, 0.5) is 18.0 Å². The molecular weight excluding hydrogens is 760 g/mol. The molecule has 3 aliphatic rings. The van der Waals surface area contributed by atoms with Gasteiger partial charge in [-0.05, 0) is 39.7 Å². The second kappa shape index (κ2) is 16.3. The van der Waals surface area contributed by atoms with Gasteiger partial charge in [-0.3, -0.25) is 14.4 Å². The van der Waals surface area contributed by atoms with E-state index in [0.717, 1.165) is 5.56 Å². The number of aromatic nitrogens is 1. The molecule has 0 spiro atoms. The Morgan fingerprint density at radius 1 is 1.11 bits per heavy atom. The van der Waals surface area contributed by atoms with Crippen molar-refractivity contribution >= 4 is 35.0 Å². The van der Waals surface area contributed by atoms with E-state index in [0.29, 0.717) is 25.2 Å². The highest BCUT2D eigenvalue weighted by atomic mass is 32.2. The van der Waals surface area contributed by atoms with E-state index in [9.17, 15) is 36.9 Å². The van der Waals surface area contributed by atoms with Crippen LogP contribution in [-0.4, -0.2) is 87.1 Å². The lowest BCUT2D eigenvalue weighted by Gasteiger charge is -2.52. The van der Waals surface area contributed by atoms with Crippen LogP contribution >= 0.6 is 0 Å². The number of likely N-dealkylation sites (N-methyl/N-ethyl adjacent to an activating group) is 1. The third kappa shape index (κ3) is 8.42. The van der Waals surface area contributed by atoms with Crippen LogP contribution in [-0.2, 0) is 38.7 Å². The molecule has 1 unspecified atom stereocenters. The van der Waals surface area contributed by atoms with Crippen LogP contribution < -0.4 is 20.8 Å². The molecule has 2 aromatic carbocycles. The molecule has 2 N–H and O–H groups in total. The third-order valence-corrected chi connectivity index (χ3v) is 11.5.